The Morgan fingerprint density at radius 3 is 2.55 bits per heavy atom. The average Bonchev–Trinajstić information content (AvgIpc) is 3.32. The van der Waals surface area contributed by atoms with Crippen LogP contribution >= 0.6 is 46.1 Å². The van der Waals surface area contributed by atoms with Crippen LogP contribution in [-0.4, -0.2) is 24.3 Å². The number of para-hydroxylation sites is 1. The fourth-order valence-electron chi connectivity index (χ4n) is 5.00. The number of hydrogen-bond acceptors (Lipinski definition) is 7. The van der Waals surface area contributed by atoms with E-state index in [9.17, 15) is 9.59 Å². The molecule has 0 saturated carbocycles. The molecule has 3 aromatic carbocycles. The van der Waals surface area contributed by atoms with Crippen molar-refractivity contribution in [3.63, 3.8) is 0 Å². The fourth-order valence-corrected chi connectivity index (χ4v) is 6.51. The van der Waals surface area contributed by atoms with E-state index in [0.29, 0.717) is 64.7 Å². The van der Waals surface area contributed by atoms with Crippen molar-refractivity contribution in [2.75, 3.05) is 13.7 Å². The normalized spacial score (nSPS) is 14.7. The number of methoxy groups -OCH3 is 1. The van der Waals surface area contributed by atoms with Crippen molar-refractivity contribution < 1.29 is 19.0 Å². The van der Waals surface area contributed by atoms with Crippen LogP contribution in [0, 0.1) is 0 Å². The summed E-state index contributed by atoms with van der Waals surface area (Å²) in [7, 11) is 1.56. The van der Waals surface area contributed by atoms with E-state index in [1.54, 1.807) is 61.1 Å². The highest BCUT2D eigenvalue weighted by Gasteiger charge is 2.35. The van der Waals surface area contributed by atoms with Gasteiger partial charge in [-0.05, 0) is 61.4 Å². The van der Waals surface area contributed by atoms with Crippen LogP contribution < -0.4 is 24.4 Å². The molecule has 7 nitrogen and oxygen atoms in total. The van der Waals surface area contributed by atoms with Crippen molar-refractivity contribution in [2.45, 2.75) is 39.3 Å². The predicted octanol–water partition coefficient (Wildman–Crippen LogP) is 7.13. The van der Waals surface area contributed by atoms with Gasteiger partial charge >= 0.3 is 5.97 Å². The molecule has 0 saturated heterocycles. The molecular weight excluding hydrogens is 643 g/mol. The summed E-state index contributed by atoms with van der Waals surface area (Å²) in [5.74, 6) is 0.545. The summed E-state index contributed by atoms with van der Waals surface area (Å²) < 4.78 is 19.2. The Bertz CT molecular complexity index is 1930. The van der Waals surface area contributed by atoms with Gasteiger partial charge in [-0.1, -0.05) is 83.7 Å². The first-order valence-electron chi connectivity index (χ1n) is 14.0. The summed E-state index contributed by atoms with van der Waals surface area (Å²) in [6.07, 6.45) is 3.01. The Balaban J connectivity index is 1.66. The number of aromatic nitrogens is 1. The zero-order chi connectivity index (χ0) is 31.4. The molecule has 0 radical (unpaired) electrons. The number of fused-ring (bicyclic) bond motifs is 1. The first-order valence-corrected chi connectivity index (χ1v) is 15.9. The molecule has 0 spiro atoms. The Labute approximate surface area is 273 Å². The molecule has 1 atom stereocenters. The average molecular weight is 672 g/mol. The van der Waals surface area contributed by atoms with E-state index in [-0.39, 0.29) is 18.8 Å². The van der Waals surface area contributed by atoms with Gasteiger partial charge in [0.25, 0.3) is 5.56 Å². The minimum Gasteiger partial charge on any atom is -0.496 e. The lowest BCUT2D eigenvalue weighted by Crippen LogP contribution is -2.40. The lowest BCUT2D eigenvalue weighted by Gasteiger charge is -2.26. The molecule has 0 N–H and O–H groups in total. The second kappa shape index (κ2) is 14.0. The summed E-state index contributed by atoms with van der Waals surface area (Å²) in [5.41, 5.74) is 2.68. The van der Waals surface area contributed by atoms with Crippen LogP contribution in [0.2, 0.25) is 15.1 Å². The first kappa shape index (κ1) is 31.9. The topological polar surface area (TPSA) is 79.1 Å². The summed E-state index contributed by atoms with van der Waals surface area (Å²) in [5, 5.41) is 1.37. The SMILES string of the molecule is CCCC1=C(C(=O)OCC)[C@@H](c2ccccc2OC)n2c(s/c(=C\c3cc(Cl)ccc3OCc3ccc(Cl)c(Cl)c3)c2=O)=N1. The van der Waals surface area contributed by atoms with E-state index in [2.05, 4.69) is 0 Å². The van der Waals surface area contributed by atoms with Crippen molar-refractivity contribution in [1.29, 1.82) is 0 Å². The van der Waals surface area contributed by atoms with Crippen LogP contribution in [0.3, 0.4) is 0 Å². The van der Waals surface area contributed by atoms with E-state index in [0.717, 1.165) is 12.0 Å². The van der Waals surface area contributed by atoms with Crippen LogP contribution in [0.25, 0.3) is 6.08 Å². The third-order valence-corrected chi connectivity index (χ3v) is 8.92. The maximum Gasteiger partial charge on any atom is 0.338 e. The summed E-state index contributed by atoms with van der Waals surface area (Å²) in [6.45, 7) is 4.16. The number of benzene rings is 3. The Morgan fingerprint density at radius 1 is 1.02 bits per heavy atom. The molecule has 2 heterocycles. The summed E-state index contributed by atoms with van der Waals surface area (Å²) >= 11 is 19.8. The molecular formula is C33H29Cl3N2O5S. The predicted molar refractivity (Wildman–Crippen MR) is 175 cm³/mol. The van der Waals surface area contributed by atoms with Crippen molar-refractivity contribution in [3.8, 4) is 11.5 Å². The van der Waals surface area contributed by atoms with Crippen LogP contribution in [0.15, 0.2) is 81.7 Å². The number of nitrogens with zero attached hydrogens (tertiary/aromatic N) is 2. The number of hydrogen-bond donors (Lipinski definition) is 0. The highest BCUT2D eigenvalue weighted by atomic mass is 35.5. The third-order valence-electron chi connectivity index (χ3n) is 6.96. The van der Waals surface area contributed by atoms with Gasteiger partial charge in [-0.15, -0.1) is 0 Å². The van der Waals surface area contributed by atoms with Gasteiger partial charge in [0.15, 0.2) is 4.80 Å². The fraction of sp³-hybridized carbons (Fsp3) is 0.242. The van der Waals surface area contributed by atoms with Crippen LogP contribution in [0.1, 0.15) is 49.4 Å². The van der Waals surface area contributed by atoms with E-state index >= 15 is 0 Å². The summed E-state index contributed by atoms with van der Waals surface area (Å²) in [6, 6.07) is 17.0. The summed E-state index contributed by atoms with van der Waals surface area (Å²) in [4.78, 5) is 32.9. The monoisotopic (exact) mass is 670 g/mol. The maximum atomic E-state index is 14.2. The highest BCUT2D eigenvalue weighted by Crippen LogP contribution is 2.37. The molecule has 0 aliphatic carbocycles. The van der Waals surface area contributed by atoms with Gasteiger partial charge in [0, 0.05) is 16.1 Å². The molecule has 1 aliphatic heterocycles. The van der Waals surface area contributed by atoms with Crippen molar-refractivity contribution in [3.05, 3.63) is 123 Å². The van der Waals surface area contributed by atoms with E-state index in [1.807, 2.05) is 31.2 Å². The Morgan fingerprint density at radius 2 is 1.82 bits per heavy atom. The number of esters is 1. The Kier molecular flexibility index (Phi) is 10.2. The molecule has 4 aromatic rings. The third kappa shape index (κ3) is 6.59. The quantitative estimate of drug-likeness (QED) is 0.168. The van der Waals surface area contributed by atoms with Gasteiger partial charge in [-0.25, -0.2) is 9.79 Å². The molecule has 11 heteroatoms. The van der Waals surface area contributed by atoms with E-state index in [1.165, 1.54) is 11.3 Å². The minimum atomic E-state index is -0.796. The zero-order valence-corrected chi connectivity index (χ0v) is 27.3. The molecule has 0 unspecified atom stereocenters. The van der Waals surface area contributed by atoms with Crippen molar-refractivity contribution in [2.24, 2.45) is 4.99 Å². The second-order valence-electron chi connectivity index (χ2n) is 9.87. The largest absolute Gasteiger partial charge is 0.496 e. The van der Waals surface area contributed by atoms with Gasteiger partial charge < -0.3 is 14.2 Å². The maximum absolute atomic E-state index is 14.2. The number of thiazole rings is 1. The number of carbonyl (C=O) groups excluding carboxylic acids is 1. The van der Waals surface area contributed by atoms with Gasteiger partial charge in [0.05, 0.1) is 39.6 Å². The first-order chi connectivity index (χ1) is 21.2. The van der Waals surface area contributed by atoms with E-state index in [4.69, 9.17) is 54.0 Å². The molecule has 1 aliphatic rings. The molecule has 1 aromatic heterocycles. The van der Waals surface area contributed by atoms with Gasteiger partial charge in [0.2, 0.25) is 0 Å². The lowest BCUT2D eigenvalue weighted by atomic mass is 9.93. The molecule has 0 bridgehead atoms. The van der Waals surface area contributed by atoms with Crippen LogP contribution in [0.4, 0.5) is 0 Å². The van der Waals surface area contributed by atoms with E-state index < -0.39 is 12.0 Å². The molecule has 0 amide bonds. The minimum absolute atomic E-state index is 0.185. The van der Waals surface area contributed by atoms with Crippen LogP contribution in [0.5, 0.6) is 11.5 Å². The Hall–Kier alpha value is -3.56. The van der Waals surface area contributed by atoms with Gasteiger partial charge in [0.1, 0.15) is 24.1 Å². The second-order valence-corrected chi connectivity index (χ2v) is 12.1. The molecule has 44 heavy (non-hydrogen) atoms. The smallest absolute Gasteiger partial charge is 0.338 e. The molecule has 228 valence electrons. The number of ether oxygens (including phenoxy) is 3. The van der Waals surface area contributed by atoms with Gasteiger partial charge in [-0.3, -0.25) is 9.36 Å². The molecule has 0 fully saturated rings. The highest BCUT2D eigenvalue weighted by molar-refractivity contribution is 7.07. The standard InChI is InChI=1S/C33H29Cl3N2O5S/c1-4-8-25-29(32(40)42-5-2)30(22-9-6-7-10-27(22)41-3)38-31(39)28(44-33(38)37-25)17-20-16-21(34)12-14-26(20)43-18-19-11-13-23(35)24(36)15-19/h6-7,9-17,30H,4-5,8,18H2,1-3H3/b28-17-/t30-/m1/s1. The number of carbonyl (C=O) groups is 1. The van der Waals surface area contributed by atoms with Gasteiger partial charge in [-0.2, -0.15) is 0 Å². The molecule has 5 rings (SSSR count). The number of allylic oxidation sites excluding steroid dienone is 1. The van der Waals surface area contributed by atoms with Crippen molar-refractivity contribution >= 4 is 58.2 Å². The van der Waals surface area contributed by atoms with Crippen molar-refractivity contribution in [1.82, 2.24) is 4.57 Å². The zero-order valence-electron chi connectivity index (χ0n) is 24.2. The number of rotatable bonds is 10. The van der Waals surface area contributed by atoms with Crippen LogP contribution in [-0.2, 0) is 16.1 Å². The number of halogens is 3. The lowest BCUT2D eigenvalue weighted by molar-refractivity contribution is -0.139.